The van der Waals surface area contributed by atoms with Crippen molar-refractivity contribution in [3.63, 3.8) is 0 Å². The van der Waals surface area contributed by atoms with E-state index in [0.29, 0.717) is 6.42 Å². The van der Waals surface area contributed by atoms with Gasteiger partial charge in [0.1, 0.15) is 18.1 Å². The monoisotopic (exact) mass is 551 g/mol. The molecule has 4 atom stereocenters. The number of primary amides is 1. The summed E-state index contributed by atoms with van der Waals surface area (Å²) in [5, 5.41) is 18.1. The van der Waals surface area contributed by atoms with Crippen LogP contribution in [0.1, 0.15) is 19.3 Å². The number of hydrogen-bond donors (Lipinski definition) is 11. The van der Waals surface area contributed by atoms with Crippen LogP contribution in [0.2, 0.25) is 0 Å². The molecule has 0 aliphatic carbocycles. The van der Waals surface area contributed by atoms with Crippen LogP contribution in [0.25, 0.3) is 0 Å². The van der Waals surface area contributed by atoms with Crippen molar-refractivity contribution in [2.75, 3.05) is 24.6 Å². The van der Waals surface area contributed by atoms with E-state index in [-0.39, 0.29) is 30.4 Å². The fourth-order valence-electron chi connectivity index (χ4n) is 2.54. The van der Waals surface area contributed by atoms with Crippen molar-refractivity contribution >= 4 is 66.7 Å². The maximum Gasteiger partial charge on any atom is 0.327 e. The van der Waals surface area contributed by atoms with Gasteiger partial charge in [-0.2, -0.15) is 25.3 Å². The Morgan fingerprint density at radius 1 is 0.833 bits per heavy atom. The second-order valence-corrected chi connectivity index (χ2v) is 8.12. The summed E-state index contributed by atoms with van der Waals surface area (Å²) in [5.41, 5.74) is 21.2. The standard InChI is InChI=1S/C18H33N9O7S2/c19-8(6-35)14(30)26-9(2-1-3-23-18(21)22)15(31)24-5-13(29)25-10(4-12(20)28)16(32)27-11(7-36)17(33)34/h8-11,35-36H,1-7,19H2,(H2,20,28)(H,24,31)(H,25,29)(H,26,30)(H,27,32)(H,33,34)(H4,21,22,23)/t8-,9-,10-,11-/m1/s1. The number of aliphatic imine (C=N–C) groups is 1. The molecular formula is C18H33N9O7S2. The van der Waals surface area contributed by atoms with Crippen LogP contribution in [0.5, 0.6) is 0 Å². The van der Waals surface area contributed by atoms with Crippen LogP contribution in [-0.4, -0.2) is 95.3 Å². The minimum Gasteiger partial charge on any atom is -0.480 e. The molecule has 0 aromatic carbocycles. The first kappa shape index (κ1) is 32.8. The lowest BCUT2D eigenvalue weighted by atomic mass is 10.1. The lowest BCUT2D eigenvalue weighted by molar-refractivity contribution is -0.141. The summed E-state index contributed by atoms with van der Waals surface area (Å²) in [4.78, 5) is 75.5. The molecule has 0 fully saturated rings. The number of amides is 5. The Morgan fingerprint density at radius 3 is 1.94 bits per heavy atom. The number of carboxylic acid groups (broad SMARTS) is 1. The van der Waals surface area contributed by atoms with Crippen LogP contribution in [0, 0.1) is 0 Å². The number of hydrogen-bond acceptors (Lipinski definition) is 10. The third-order valence-electron chi connectivity index (χ3n) is 4.39. The van der Waals surface area contributed by atoms with Gasteiger partial charge in [0.15, 0.2) is 5.96 Å². The Hall–Kier alpha value is -3.25. The summed E-state index contributed by atoms with van der Waals surface area (Å²) in [6, 6.07) is -4.96. The van der Waals surface area contributed by atoms with E-state index in [0.717, 1.165) is 0 Å². The summed E-state index contributed by atoms with van der Waals surface area (Å²) in [7, 11) is 0. The van der Waals surface area contributed by atoms with Gasteiger partial charge in [0.25, 0.3) is 0 Å². The summed E-state index contributed by atoms with van der Waals surface area (Å²) in [6.07, 6.45) is -0.229. The van der Waals surface area contributed by atoms with Crippen molar-refractivity contribution in [3.8, 4) is 0 Å². The minimum absolute atomic E-state index is 0.0237. The average molecular weight is 552 g/mol. The van der Waals surface area contributed by atoms with Gasteiger partial charge in [-0.25, -0.2) is 4.79 Å². The normalized spacial score (nSPS) is 13.8. The maximum absolute atomic E-state index is 12.6. The van der Waals surface area contributed by atoms with Crippen LogP contribution in [-0.2, 0) is 28.8 Å². The molecule has 0 heterocycles. The second-order valence-electron chi connectivity index (χ2n) is 7.39. The molecule has 0 rings (SSSR count). The van der Waals surface area contributed by atoms with Crippen molar-refractivity contribution in [2.45, 2.75) is 43.4 Å². The van der Waals surface area contributed by atoms with Crippen molar-refractivity contribution in [2.24, 2.45) is 27.9 Å². The lowest BCUT2D eigenvalue weighted by Crippen LogP contribution is -2.56. The first-order valence-corrected chi connectivity index (χ1v) is 11.8. The smallest absolute Gasteiger partial charge is 0.327 e. The summed E-state index contributed by atoms with van der Waals surface area (Å²) in [6.45, 7) is -0.468. The molecule has 0 aliphatic heterocycles. The zero-order valence-electron chi connectivity index (χ0n) is 19.3. The molecule has 16 nitrogen and oxygen atoms in total. The third-order valence-corrected chi connectivity index (χ3v) is 5.15. The molecular weight excluding hydrogens is 518 g/mol. The highest BCUT2D eigenvalue weighted by Gasteiger charge is 2.28. The molecule has 204 valence electrons. The number of rotatable bonds is 17. The summed E-state index contributed by atoms with van der Waals surface area (Å²) >= 11 is 7.74. The Kier molecular flexibility index (Phi) is 15.7. The highest BCUT2D eigenvalue weighted by molar-refractivity contribution is 7.80. The van der Waals surface area contributed by atoms with E-state index < -0.39 is 72.6 Å². The Bertz CT molecular complexity index is 840. The van der Waals surface area contributed by atoms with E-state index in [1.807, 2.05) is 0 Å². The van der Waals surface area contributed by atoms with Gasteiger partial charge in [-0.3, -0.25) is 29.0 Å². The largest absolute Gasteiger partial charge is 0.480 e. The van der Waals surface area contributed by atoms with Crippen LogP contribution >= 0.6 is 25.3 Å². The van der Waals surface area contributed by atoms with Crippen molar-refractivity contribution in [1.29, 1.82) is 0 Å². The number of carbonyl (C=O) groups is 6. The number of nitrogens with zero attached hydrogens (tertiary/aromatic N) is 1. The average Bonchev–Trinajstić information content (AvgIpc) is 2.80. The molecule has 0 bridgehead atoms. The number of carbonyl (C=O) groups excluding carboxylic acids is 5. The van der Waals surface area contributed by atoms with Gasteiger partial charge in [0.2, 0.25) is 29.5 Å². The van der Waals surface area contributed by atoms with Crippen LogP contribution in [0.3, 0.4) is 0 Å². The molecule has 0 saturated heterocycles. The molecule has 0 aliphatic rings. The van der Waals surface area contributed by atoms with Crippen molar-refractivity contribution in [3.05, 3.63) is 0 Å². The number of guanidine groups is 1. The number of thiol groups is 2. The maximum atomic E-state index is 12.6. The molecule has 5 amide bonds. The van der Waals surface area contributed by atoms with Crippen LogP contribution in [0.15, 0.2) is 4.99 Å². The van der Waals surface area contributed by atoms with Crippen LogP contribution in [0.4, 0.5) is 0 Å². The molecule has 13 N–H and O–H groups in total. The van der Waals surface area contributed by atoms with Gasteiger partial charge in [-0.15, -0.1) is 0 Å². The number of aliphatic carboxylic acids is 1. The van der Waals surface area contributed by atoms with E-state index in [2.05, 4.69) is 51.5 Å². The Morgan fingerprint density at radius 2 is 1.44 bits per heavy atom. The first-order valence-electron chi connectivity index (χ1n) is 10.5. The van der Waals surface area contributed by atoms with Gasteiger partial charge < -0.3 is 49.3 Å². The van der Waals surface area contributed by atoms with Crippen molar-refractivity contribution < 1.29 is 33.9 Å². The second kappa shape index (κ2) is 17.2. The van der Waals surface area contributed by atoms with E-state index in [4.69, 9.17) is 28.0 Å². The minimum atomic E-state index is -1.50. The molecule has 0 aromatic rings. The molecule has 0 radical (unpaired) electrons. The zero-order chi connectivity index (χ0) is 27.8. The first-order chi connectivity index (χ1) is 16.8. The third kappa shape index (κ3) is 13.6. The summed E-state index contributed by atoms with van der Waals surface area (Å²) < 4.78 is 0. The van der Waals surface area contributed by atoms with Gasteiger partial charge >= 0.3 is 5.97 Å². The van der Waals surface area contributed by atoms with E-state index >= 15 is 0 Å². The van der Waals surface area contributed by atoms with E-state index in [1.54, 1.807) is 0 Å². The number of nitrogens with one attached hydrogen (secondary N) is 4. The van der Waals surface area contributed by atoms with E-state index in [1.165, 1.54) is 0 Å². The molecule has 0 spiro atoms. The molecule has 36 heavy (non-hydrogen) atoms. The topological polar surface area (TPSA) is 287 Å². The Labute approximate surface area is 217 Å². The molecule has 0 unspecified atom stereocenters. The SMILES string of the molecule is NC(=O)C[C@@H](NC(=O)CNC(=O)[C@@H](CCCN=C(N)N)NC(=O)[C@H](N)CS)C(=O)N[C@H](CS)C(=O)O. The summed E-state index contributed by atoms with van der Waals surface area (Å²) in [5.74, 6) is -5.95. The Balaban J connectivity index is 5.18. The van der Waals surface area contributed by atoms with Gasteiger partial charge in [-0.05, 0) is 12.8 Å². The predicted octanol–water partition coefficient (Wildman–Crippen LogP) is -5.24. The molecule has 0 aromatic heterocycles. The number of carboxylic acids is 1. The van der Waals surface area contributed by atoms with Crippen molar-refractivity contribution in [1.82, 2.24) is 21.3 Å². The fraction of sp³-hybridized carbons (Fsp3) is 0.611. The fourth-order valence-corrected chi connectivity index (χ4v) is 2.95. The van der Waals surface area contributed by atoms with Gasteiger partial charge in [0.05, 0.1) is 19.0 Å². The highest BCUT2D eigenvalue weighted by atomic mass is 32.1. The quantitative estimate of drug-likeness (QED) is 0.0353. The van der Waals surface area contributed by atoms with Crippen LogP contribution < -0.4 is 44.2 Å². The van der Waals surface area contributed by atoms with E-state index in [9.17, 15) is 28.8 Å². The van der Waals surface area contributed by atoms with Gasteiger partial charge in [-0.1, -0.05) is 0 Å². The molecule has 18 heteroatoms. The number of nitrogens with two attached hydrogens (primary N) is 4. The van der Waals surface area contributed by atoms with Gasteiger partial charge in [0, 0.05) is 18.1 Å². The zero-order valence-corrected chi connectivity index (χ0v) is 21.1. The highest BCUT2D eigenvalue weighted by Crippen LogP contribution is 2.01. The molecule has 0 saturated carbocycles. The lowest BCUT2D eigenvalue weighted by Gasteiger charge is -2.21. The predicted molar refractivity (Wildman–Crippen MR) is 136 cm³/mol.